The monoisotopic (exact) mass is 363 g/mol. The molecular weight excluding hydrogens is 342 g/mol. The summed E-state index contributed by atoms with van der Waals surface area (Å²) in [5.74, 6) is 0.646. The van der Waals surface area contributed by atoms with Crippen LogP contribution in [0.5, 0.6) is 5.75 Å². The van der Waals surface area contributed by atoms with Crippen molar-refractivity contribution in [3.63, 3.8) is 0 Å². The minimum absolute atomic E-state index is 0.0146. The highest BCUT2D eigenvalue weighted by Crippen LogP contribution is 2.27. The molecule has 0 aliphatic carbocycles. The SMILES string of the molecule is CC(C)Oc1ccc2c(NC(=O)CC3C=CS(=O)(=O)C3)nn(C)c2c1. The molecule has 0 fully saturated rings. The number of benzene rings is 1. The predicted octanol–water partition coefficient (Wildman–Crippen LogP) is 2.25. The van der Waals surface area contributed by atoms with Gasteiger partial charge in [0.05, 0.1) is 17.4 Å². The van der Waals surface area contributed by atoms with Crippen molar-refractivity contribution in [2.24, 2.45) is 13.0 Å². The van der Waals surface area contributed by atoms with Gasteiger partial charge in [0.2, 0.25) is 5.91 Å². The van der Waals surface area contributed by atoms with E-state index in [2.05, 4.69) is 10.4 Å². The van der Waals surface area contributed by atoms with E-state index in [9.17, 15) is 13.2 Å². The fourth-order valence-corrected chi connectivity index (χ4v) is 4.26. The Morgan fingerprint density at radius 3 is 2.84 bits per heavy atom. The van der Waals surface area contributed by atoms with Gasteiger partial charge in [0.1, 0.15) is 5.75 Å². The average Bonchev–Trinajstić information content (AvgIpc) is 2.98. The van der Waals surface area contributed by atoms with Crippen molar-refractivity contribution in [3.8, 4) is 5.75 Å². The number of carbonyl (C=O) groups excluding carboxylic acids is 1. The van der Waals surface area contributed by atoms with Gasteiger partial charge in [0, 0.05) is 36.2 Å². The summed E-state index contributed by atoms with van der Waals surface area (Å²) in [6.07, 6.45) is 1.75. The summed E-state index contributed by atoms with van der Waals surface area (Å²) in [7, 11) is -1.36. The minimum Gasteiger partial charge on any atom is -0.491 e. The van der Waals surface area contributed by atoms with Gasteiger partial charge < -0.3 is 10.1 Å². The number of aromatic nitrogens is 2. The van der Waals surface area contributed by atoms with Crippen molar-refractivity contribution in [1.82, 2.24) is 9.78 Å². The van der Waals surface area contributed by atoms with E-state index >= 15 is 0 Å². The number of hydrogen-bond donors (Lipinski definition) is 1. The Morgan fingerprint density at radius 2 is 2.20 bits per heavy atom. The lowest BCUT2D eigenvalue weighted by atomic mass is 10.1. The van der Waals surface area contributed by atoms with Crippen LogP contribution in [0.15, 0.2) is 29.7 Å². The molecule has 0 radical (unpaired) electrons. The minimum atomic E-state index is -3.15. The Labute approximate surface area is 146 Å². The first kappa shape index (κ1) is 17.5. The second-order valence-electron chi connectivity index (χ2n) is 6.49. The molecule has 25 heavy (non-hydrogen) atoms. The van der Waals surface area contributed by atoms with Crippen molar-refractivity contribution in [2.75, 3.05) is 11.1 Å². The quantitative estimate of drug-likeness (QED) is 0.880. The summed E-state index contributed by atoms with van der Waals surface area (Å²) in [5.41, 5.74) is 0.844. The third-order valence-electron chi connectivity index (χ3n) is 3.90. The molecule has 3 rings (SSSR count). The fraction of sp³-hybridized carbons (Fsp3) is 0.412. The number of ether oxygens (including phenoxy) is 1. The molecule has 2 aromatic rings. The van der Waals surface area contributed by atoms with Gasteiger partial charge in [-0.2, -0.15) is 5.10 Å². The molecule has 0 bridgehead atoms. The molecular formula is C17H21N3O4S. The lowest BCUT2D eigenvalue weighted by Gasteiger charge is -2.09. The zero-order valence-corrected chi connectivity index (χ0v) is 15.2. The summed E-state index contributed by atoms with van der Waals surface area (Å²) < 4.78 is 30.2. The summed E-state index contributed by atoms with van der Waals surface area (Å²) in [5, 5.41) is 9.11. The summed E-state index contributed by atoms with van der Waals surface area (Å²) in [6.45, 7) is 3.91. The zero-order chi connectivity index (χ0) is 18.2. The largest absolute Gasteiger partial charge is 0.491 e. The molecule has 7 nitrogen and oxygen atoms in total. The Kier molecular flexibility index (Phi) is 4.55. The molecule has 1 aliphatic rings. The van der Waals surface area contributed by atoms with E-state index in [0.29, 0.717) is 5.82 Å². The van der Waals surface area contributed by atoms with Gasteiger partial charge in [-0.1, -0.05) is 6.08 Å². The van der Waals surface area contributed by atoms with Crippen molar-refractivity contribution in [2.45, 2.75) is 26.4 Å². The molecule has 2 heterocycles. The molecule has 0 saturated heterocycles. The first-order chi connectivity index (χ1) is 11.7. The average molecular weight is 363 g/mol. The normalized spacial score (nSPS) is 18.8. The van der Waals surface area contributed by atoms with Crippen LogP contribution in [0.3, 0.4) is 0 Å². The standard InChI is InChI=1S/C17H21N3O4S/c1-11(2)24-13-4-5-14-15(9-13)20(3)19-17(14)18-16(21)8-12-6-7-25(22,23)10-12/h4-7,9,11-12H,8,10H2,1-3H3,(H,18,19,21). The summed E-state index contributed by atoms with van der Waals surface area (Å²) in [6, 6.07) is 5.58. The van der Waals surface area contributed by atoms with Gasteiger partial charge >= 0.3 is 0 Å². The van der Waals surface area contributed by atoms with Gasteiger partial charge in [-0.3, -0.25) is 9.48 Å². The first-order valence-corrected chi connectivity index (χ1v) is 9.79. The van der Waals surface area contributed by atoms with E-state index < -0.39 is 9.84 Å². The van der Waals surface area contributed by atoms with Crippen LogP contribution < -0.4 is 10.1 Å². The number of rotatable bonds is 5. The van der Waals surface area contributed by atoms with Crippen LogP contribution in [0, 0.1) is 5.92 Å². The molecule has 0 saturated carbocycles. The maximum absolute atomic E-state index is 12.2. The maximum Gasteiger partial charge on any atom is 0.226 e. The van der Waals surface area contributed by atoms with Crippen LogP contribution in [0.2, 0.25) is 0 Å². The van der Waals surface area contributed by atoms with Crippen LogP contribution in [-0.4, -0.2) is 36.0 Å². The number of aryl methyl sites for hydroxylation is 1. The topological polar surface area (TPSA) is 90.3 Å². The lowest BCUT2D eigenvalue weighted by Crippen LogP contribution is -2.18. The molecule has 1 aliphatic heterocycles. The number of allylic oxidation sites excluding steroid dienone is 1. The highest BCUT2D eigenvalue weighted by Gasteiger charge is 2.24. The number of carbonyl (C=O) groups is 1. The fourth-order valence-electron chi connectivity index (χ4n) is 2.86. The number of anilines is 1. The summed E-state index contributed by atoms with van der Waals surface area (Å²) >= 11 is 0. The van der Waals surface area contributed by atoms with E-state index in [1.807, 2.05) is 32.0 Å². The van der Waals surface area contributed by atoms with Crippen LogP contribution in [-0.2, 0) is 21.7 Å². The molecule has 134 valence electrons. The number of hydrogen-bond acceptors (Lipinski definition) is 5. The van der Waals surface area contributed by atoms with E-state index in [0.717, 1.165) is 16.7 Å². The molecule has 1 atom stereocenters. The maximum atomic E-state index is 12.2. The number of fused-ring (bicyclic) bond motifs is 1. The van der Waals surface area contributed by atoms with Crippen LogP contribution in [0.25, 0.3) is 10.9 Å². The second kappa shape index (κ2) is 6.51. The highest BCUT2D eigenvalue weighted by molar-refractivity contribution is 7.94. The first-order valence-electron chi connectivity index (χ1n) is 8.08. The molecule has 0 spiro atoms. The van der Waals surface area contributed by atoms with E-state index in [-0.39, 0.29) is 30.1 Å². The third kappa shape index (κ3) is 4.01. The Bertz CT molecular complexity index is 944. The Balaban J connectivity index is 1.75. The molecule has 1 aromatic carbocycles. The zero-order valence-electron chi connectivity index (χ0n) is 14.4. The number of sulfone groups is 1. The smallest absolute Gasteiger partial charge is 0.226 e. The number of amides is 1. The van der Waals surface area contributed by atoms with Gasteiger partial charge in [-0.25, -0.2) is 8.42 Å². The predicted molar refractivity (Wildman–Crippen MR) is 96.1 cm³/mol. The number of nitrogens with zero attached hydrogens (tertiary/aromatic N) is 2. The van der Waals surface area contributed by atoms with Gasteiger partial charge in [0.15, 0.2) is 15.7 Å². The van der Waals surface area contributed by atoms with Gasteiger partial charge in [-0.05, 0) is 26.0 Å². The second-order valence-corrected chi connectivity index (χ2v) is 8.42. The van der Waals surface area contributed by atoms with Crippen molar-refractivity contribution < 1.29 is 17.9 Å². The molecule has 1 N–H and O–H groups in total. The van der Waals surface area contributed by atoms with Crippen molar-refractivity contribution in [3.05, 3.63) is 29.7 Å². The van der Waals surface area contributed by atoms with Crippen LogP contribution in [0.1, 0.15) is 20.3 Å². The van der Waals surface area contributed by atoms with Crippen LogP contribution in [0.4, 0.5) is 5.82 Å². The van der Waals surface area contributed by atoms with Crippen molar-refractivity contribution in [1.29, 1.82) is 0 Å². The van der Waals surface area contributed by atoms with E-state index in [4.69, 9.17) is 4.74 Å². The van der Waals surface area contributed by atoms with E-state index in [1.54, 1.807) is 17.8 Å². The molecule has 1 amide bonds. The van der Waals surface area contributed by atoms with Gasteiger partial charge in [-0.15, -0.1) is 0 Å². The Morgan fingerprint density at radius 1 is 1.44 bits per heavy atom. The molecule has 1 aromatic heterocycles. The number of nitrogens with one attached hydrogen (secondary N) is 1. The molecule has 8 heteroatoms. The summed E-state index contributed by atoms with van der Waals surface area (Å²) in [4.78, 5) is 12.2. The van der Waals surface area contributed by atoms with Gasteiger partial charge in [0.25, 0.3) is 0 Å². The highest BCUT2D eigenvalue weighted by atomic mass is 32.2. The Hall–Kier alpha value is -2.35. The van der Waals surface area contributed by atoms with Crippen LogP contribution >= 0.6 is 0 Å². The van der Waals surface area contributed by atoms with Crippen molar-refractivity contribution >= 4 is 32.5 Å². The molecule has 1 unspecified atom stereocenters. The lowest BCUT2D eigenvalue weighted by molar-refractivity contribution is -0.116. The third-order valence-corrected chi connectivity index (χ3v) is 5.37. The van der Waals surface area contributed by atoms with E-state index in [1.165, 1.54) is 5.41 Å².